The van der Waals surface area contributed by atoms with Gasteiger partial charge in [0.15, 0.2) is 0 Å². The van der Waals surface area contributed by atoms with Crippen LogP contribution in [0.4, 0.5) is 0 Å². The third-order valence-electron chi connectivity index (χ3n) is 10.8. The molecule has 0 saturated carbocycles. The van der Waals surface area contributed by atoms with Crippen LogP contribution in [0.3, 0.4) is 0 Å². The van der Waals surface area contributed by atoms with E-state index in [1.54, 1.807) is 0 Å². The second-order valence-electron chi connectivity index (χ2n) is 13.7. The highest BCUT2D eigenvalue weighted by molar-refractivity contribution is 6.40. The van der Waals surface area contributed by atoms with Gasteiger partial charge in [0.05, 0.1) is 27.6 Å². The van der Waals surface area contributed by atoms with Crippen LogP contribution in [0.25, 0.3) is 116 Å². The van der Waals surface area contributed by atoms with Crippen molar-refractivity contribution in [3.8, 4) is 28.3 Å². The standard InChI is InChI=1S/C48H27N3O2/c1-2-12-28(13-3-1)29-22-24-30(25-23-29)45-31-14-4-8-18-36(31)49-48(50-45)51-37-19-9-5-15-32(37)44-46(51)35-26-27-40-41(33-16-6-10-20-38(33)52-40)42(35)43-34-17-7-11-21-39(34)53-47(43)44/h1-27H. The first-order chi connectivity index (χ1) is 26.3. The van der Waals surface area contributed by atoms with Crippen LogP contribution in [0.1, 0.15) is 0 Å². The number of hydrogen-bond donors (Lipinski definition) is 0. The highest BCUT2D eigenvalue weighted by atomic mass is 16.3. The summed E-state index contributed by atoms with van der Waals surface area (Å²) in [5.41, 5.74) is 10.5. The van der Waals surface area contributed by atoms with Crippen LogP contribution in [-0.2, 0) is 0 Å². The Hall–Kier alpha value is -7.24. The van der Waals surface area contributed by atoms with E-state index < -0.39 is 0 Å². The summed E-state index contributed by atoms with van der Waals surface area (Å²) >= 11 is 0. The summed E-state index contributed by atoms with van der Waals surface area (Å²) in [5.74, 6) is 0.603. The molecule has 0 radical (unpaired) electrons. The first-order valence-electron chi connectivity index (χ1n) is 17.8. The second-order valence-corrected chi connectivity index (χ2v) is 13.7. The normalized spacial score (nSPS) is 12.2. The van der Waals surface area contributed by atoms with Crippen molar-refractivity contribution < 1.29 is 8.83 Å². The molecule has 12 aromatic rings. The van der Waals surface area contributed by atoms with E-state index in [1.807, 2.05) is 30.3 Å². The molecule has 0 fully saturated rings. The van der Waals surface area contributed by atoms with Gasteiger partial charge in [0, 0.05) is 48.7 Å². The fourth-order valence-corrected chi connectivity index (χ4v) is 8.51. The maximum Gasteiger partial charge on any atom is 0.235 e. The lowest BCUT2D eigenvalue weighted by molar-refractivity contribution is 0.669. The van der Waals surface area contributed by atoms with Gasteiger partial charge in [0.2, 0.25) is 5.95 Å². The lowest BCUT2D eigenvalue weighted by Crippen LogP contribution is -2.03. The molecule has 53 heavy (non-hydrogen) atoms. The molecular formula is C48H27N3O2. The van der Waals surface area contributed by atoms with Crippen molar-refractivity contribution in [3.63, 3.8) is 0 Å². The Bertz CT molecular complexity index is 3440. The zero-order chi connectivity index (χ0) is 34.6. The highest BCUT2D eigenvalue weighted by Crippen LogP contribution is 2.49. The molecule has 0 N–H and O–H groups in total. The number of para-hydroxylation sites is 4. The summed E-state index contributed by atoms with van der Waals surface area (Å²) in [5, 5.41) is 9.61. The Labute approximate surface area is 302 Å². The van der Waals surface area contributed by atoms with Crippen LogP contribution in [0.15, 0.2) is 173 Å². The molecule has 8 aromatic carbocycles. The maximum absolute atomic E-state index is 6.89. The van der Waals surface area contributed by atoms with E-state index in [-0.39, 0.29) is 0 Å². The second kappa shape index (κ2) is 10.6. The predicted molar refractivity (Wildman–Crippen MR) is 217 cm³/mol. The fraction of sp³-hybridized carbons (Fsp3) is 0. The Morgan fingerprint density at radius 3 is 1.81 bits per heavy atom. The summed E-state index contributed by atoms with van der Waals surface area (Å²) in [7, 11) is 0. The third-order valence-corrected chi connectivity index (χ3v) is 10.8. The predicted octanol–water partition coefficient (Wildman–Crippen LogP) is 13.0. The molecule has 0 atom stereocenters. The van der Waals surface area contributed by atoms with Crippen molar-refractivity contribution in [2.24, 2.45) is 0 Å². The topological polar surface area (TPSA) is 57.0 Å². The Morgan fingerprint density at radius 2 is 1.00 bits per heavy atom. The van der Waals surface area contributed by atoms with E-state index in [1.165, 1.54) is 5.56 Å². The zero-order valence-corrected chi connectivity index (χ0v) is 28.2. The summed E-state index contributed by atoms with van der Waals surface area (Å²) in [6.07, 6.45) is 0. The van der Waals surface area contributed by atoms with Crippen molar-refractivity contribution in [1.82, 2.24) is 14.5 Å². The van der Waals surface area contributed by atoms with Gasteiger partial charge in [0.1, 0.15) is 22.3 Å². The average molecular weight is 678 g/mol. The Morgan fingerprint density at radius 1 is 0.377 bits per heavy atom. The van der Waals surface area contributed by atoms with Crippen molar-refractivity contribution >= 4 is 87.4 Å². The Balaban J connectivity index is 1.24. The monoisotopic (exact) mass is 677 g/mol. The van der Waals surface area contributed by atoms with Crippen LogP contribution in [0.5, 0.6) is 0 Å². The van der Waals surface area contributed by atoms with Gasteiger partial charge >= 0.3 is 0 Å². The first-order valence-corrected chi connectivity index (χ1v) is 17.8. The lowest BCUT2D eigenvalue weighted by Gasteiger charge is -2.13. The van der Waals surface area contributed by atoms with Gasteiger partial charge in [-0.05, 0) is 47.5 Å². The van der Waals surface area contributed by atoms with Crippen LogP contribution in [0.2, 0.25) is 0 Å². The summed E-state index contributed by atoms with van der Waals surface area (Å²) in [6, 6.07) is 56.9. The van der Waals surface area contributed by atoms with E-state index in [0.717, 1.165) is 104 Å². The summed E-state index contributed by atoms with van der Waals surface area (Å²) < 4.78 is 15.6. The van der Waals surface area contributed by atoms with E-state index in [9.17, 15) is 0 Å². The minimum atomic E-state index is 0.603. The molecule has 246 valence electrons. The number of rotatable bonds is 3. The van der Waals surface area contributed by atoms with E-state index in [2.05, 4.69) is 138 Å². The van der Waals surface area contributed by atoms with Crippen molar-refractivity contribution in [1.29, 1.82) is 0 Å². The van der Waals surface area contributed by atoms with Gasteiger partial charge in [-0.15, -0.1) is 0 Å². The molecule has 12 rings (SSSR count). The maximum atomic E-state index is 6.89. The summed E-state index contributed by atoms with van der Waals surface area (Å²) in [4.78, 5) is 10.8. The number of fused-ring (bicyclic) bond motifs is 15. The SMILES string of the molecule is c1ccc(-c2ccc(-c3nc(-n4c5ccccc5c5c6oc7ccccc7c6c6c(ccc7oc8ccccc8c76)c54)nc4ccccc34)cc2)cc1. The van der Waals surface area contributed by atoms with Gasteiger partial charge in [-0.2, -0.15) is 0 Å². The highest BCUT2D eigenvalue weighted by Gasteiger charge is 2.26. The van der Waals surface area contributed by atoms with Crippen molar-refractivity contribution in [2.75, 3.05) is 0 Å². The molecule has 0 spiro atoms. The number of hydrogen-bond acceptors (Lipinski definition) is 4. The molecule has 0 saturated heterocycles. The smallest absolute Gasteiger partial charge is 0.235 e. The molecule has 0 aliphatic rings. The largest absolute Gasteiger partial charge is 0.456 e. The number of furan rings is 2. The van der Waals surface area contributed by atoms with Crippen LogP contribution in [-0.4, -0.2) is 14.5 Å². The fourth-order valence-electron chi connectivity index (χ4n) is 8.51. The number of aromatic nitrogens is 3. The molecular weight excluding hydrogens is 651 g/mol. The molecule has 4 heterocycles. The third kappa shape index (κ3) is 3.96. The average Bonchev–Trinajstić information content (AvgIpc) is 3.91. The van der Waals surface area contributed by atoms with E-state index >= 15 is 0 Å². The van der Waals surface area contributed by atoms with E-state index in [0.29, 0.717) is 5.95 Å². The van der Waals surface area contributed by atoms with Crippen LogP contribution < -0.4 is 0 Å². The Kier molecular flexibility index (Phi) is 5.71. The van der Waals surface area contributed by atoms with Crippen molar-refractivity contribution in [3.05, 3.63) is 164 Å². The minimum absolute atomic E-state index is 0.603. The molecule has 5 nitrogen and oxygen atoms in total. The number of nitrogens with zero attached hydrogens (tertiary/aromatic N) is 3. The van der Waals surface area contributed by atoms with Crippen LogP contribution >= 0.6 is 0 Å². The molecule has 4 aromatic heterocycles. The van der Waals surface area contributed by atoms with Crippen molar-refractivity contribution in [2.45, 2.75) is 0 Å². The summed E-state index contributed by atoms with van der Waals surface area (Å²) in [6.45, 7) is 0. The molecule has 0 aliphatic carbocycles. The molecule has 0 unspecified atom stereocenters. The molecule has 0 bridgehead atoms. The lowest BCUT2D eigenvalue weighted by atomic mass is 9.96. The van der Waals surface area contributed by atoms with Crippen LogP contribution in [0, 0.1) is 0 Å². The zero-order valence-electron chi connectivity index (χ0n) is 28.2. The van der Waals surface area contributed by atoms with Gasteiger partial charge in [-0.1, -0.05) is 127 Å². The van der Waals surface area contributed by atoms with E-state index in [4.69, 9.17) is 18.8 Å². The minimum Gasteiger partial charge on any atom is -0.456 e. The first kappa shape index (κ1) is 28.5. The van der Waals surface area contributed by atoms with Gasteiger partial charge < -0.3 is 8.83 Å². The molecule has 5 heteroatoms. The van der Waals surface area contributed by atoms with Gasteiger partial charge in [-0.3, -0.25) is 4.57 Å². The van der Waals surface area contributed by atoms with Gasteiger partial charge in [-0.25, -0.2) is 9.97 Å². The quantitative estimate of drug-likeness (QED) is 0.187. The number of benzene rings is 8. The molecule has 0 amide bonds. The molecule has 0 aliphatic heterocycles. The van der Waals surface area contributed by atoms with Gasteiger partial charge in [0.25, 0.3) is 0 Å².